The van der Waals surface area contributed by atoms with Crippen LogP contribution in [0.25, 0.3) is 0 Å². The third-order valence-electron chi connectivity index (χ3n) is 2.53. The van der Waals surface area contributed by atoms with Crippen LogP contribution in [0.4, 0.5) is 0 Å². The first-order valence-electron chi connectivity index (χ1n) is 5.72. The molecule has 0 aliphatic carbocycles. The highest BCUT2D eigenvalue weighted by Gasteiger charge is 2.25. The second-order valence-corrected chi connectivity index (χ2v) is 5.78. The number of ether oxygens (including phenoxy) is 2. The minimum absolute atomic E-state index is 0.123. The van der Waals surface area contributed by atoms with E-state index in [1.54, 1.807) is 6.07 Å². The van der Waals surface area contributed by atoms with Gasteiger partial charge in [0.25, 0.3) is 0 Å². The van der Waals surface area contributed by atoms with Crippen molar-refractivity contribution in [3.05, 3.63) is 23.8 Å². The van der Waals surface area contributed by atoms with Gasteiger partial charge in [0.15, 0.2) is 0 Å². The standard InChI is InChI=1S/C12H17NO6S/c1-8(12(14)15)13-20(16,17)11-6-9(7-18-2)4-5-10(11)19-3/h4-6,8,13H,7H2,1-3H3,(H,14,15)/t8-/m0/s1. The Morgan fingerprint density at radius 1 is 1.40 bits per heavy atom. The molecule has 0 radical (unpaired) electrons. The van der Waals surface area contributed by atoms with Crippen LogP contribution in [-0.2, 0) is 26.2 Å². The molecular weight excluding hydrogens is 286 g/mol. The minimum Gasteiger partial charge on any atom is -0.495 e. The third-order valence-corrected chi connectivity index (χ3v) is 4.09. The Morgan fingerprint density at radius 2 is 2.05 bits per heavy atom. The summed E-state index contributed by atoms with van der Waals surface area (Å²) in [7, 11) is -1.17. The fourth-order valence-electron chi connectivity index (χ4n) is 1.53. The molecule has 0 bridgehead atoms. The molecule has 0 aliphatic rings. The molecule has 0 fully saturated rings. The van der Waals surface area contributed by atoms with Crippen LogP contribution in [-0.4, -0.2) is 39.8 Å². The van der Waals surface area contributed by atoms with Crippen molar-refractivity contribution in [3.63, 3.8) is 0 Å². The van der Waals surface area contributed by atoms with E-state index < -0.39 is 22.0 Å². The Labute approximate surface area is 117 Å². The van der Waals surface area contributed by atoms with Crippen LogP contribution in [0.15, 0.2) is 23.1 Å². The van der Waals surface area contributed by atoms with Crippen LogP contribution in [0.1, 0.15) is 12.5 Å². The first-order valence-corrected chi connectivity index (χ1v) is 7.21. The molecule has 0 aromatic heterocycles. The summed E-state index contributed by atoms with van der Waals surface area (Å²) < 4.78 is 36.4. The lowest BCUT2D eigenvalue weighted by Crippen LogP contribution is -2.38. The number of carbonyl (C=O) groups is 1. The number of carboxylic acid groups (broad SMARTS) is 1. The van der Waals surface area contributed by atoms with Gasteiger partial charge in [-0.1, -0.05) is 6.07 Å². The molecule has 2 N–H and O–H groups in total. The third kappa shape index (κ3) is 3.92. The van der Waals surface area contributed by atoms with E-state index >= 15 is 0 Å². The van der Waals surface area contributed by atoms with E-state index in [1.807, 2.05) is 0 Å². The SMILES string of the molecule is COCc1ccc(OC)c(S(=O)(=O)N[C@@H](C)C(=O)O)c1. The summed E-state index contributed by atoms with van der Waals surface area (Å²) in [6.07, 6.45) is 0. The lowest BCUT2D eigenvalue weighted by Gasteiger charge is -2.14. The Balaban J connectivity index is 3.20. The molecule has 0 amide bonds. The molecule has 0 aliphatic heterocycles. The highest BCUT2D eigenvalue weighted by atomic mass is 32.2. The average molecular weight is 303 g/mol. The molecular formula is C12H17NO6S. The van der Waals surface area contributed by atoms with Gasteiger partial charge in [-0.2, -0.15) is 4.72 Å². The normalized spacial score (nSPS) is 12.9. The van der Waals surface area contributed by atoms with Crippen LogP contribution < -0.4 is 9.46 Å². The first kappa shape index (κ1) is 16.4. The smallest absolute Gasteiger partial charge is 0.321 e. The first-order chi connectivity index (χ1) is 9.31. The molecule has 0 spiro atoms. The van der Waals surface area contributed by atoms with Crippen molar-refractivity contribution in [2.24, 2.45) is 0 Å². The van der Waals surface area contributed by atoms with Crippen molar-refractivity contribution >= 4 is 16.0 Å². The van der Waals surface area contributed by atoms with Gasteiger partial charge in [0.2, 0.25) is 10.0 Å². The van der Waals surface area contributed by atoms with Crippen molar-refractivity contribution in [1.29, 1.82) is 0 Å². The second-order valence-electron chi connectivity index (χ2n) is 4.10. The van der Waals surface area contributed by atoms with Gasteiger partial charge in [0.1, 0.15) is 16.7 Å². The quantitative estimate of drug-likeness (QED) is 0.764. The van der Waals surface area contributed by atoms with Crippen LogP contribution in [0.5, 0.6) is 5.75 Å². The summed E-state index contributed by atoms with van der Waals surface area (Å²) in [6.45, 7) is 1.48. The van der Waals surface area contributed by atoms with Crippen molar-refractivity contribution in [2.75, 3.05) is 14.2 Å². The van der Waals surface area contributed by atoms with Crippen molar-refractivity contribution in [1.82, 2.24) is 4.72 Å². The molecule has 112 valence electrons. The molecule has 1 atom stereocenters. The average Bonchev–Trinajstić information content (AvgIpc) is 2.38. The number of nitrogens with one attached hydrogen (secondary N) is 1. The van der Waals surface area contributed by atoms with Gasteiger partial charge in [-0.25, -0.2) is 8.42 Å². The van der Waals surface area contributed by atoms with E-state index in [0.717, 1.165) is 0 Å². The number of methoxy groups -OCH3 is 2. The largest absolute Gasteiger partial charge is 0.495 e. The summed E-state index contributed by atoms with van der Waals surface area (Å²) in [6, 6.07) is 3.31. The van der Waals surface area contributed by atoms with Crippen LogP contribution in [0.3, 0.4) is 0 Å². The fourth-order valence-corrected chi connectivity index (χ4v) is 2.95. The molecule has 0 saturated heterocycles. The topological polar surface area (TPSA) is 102 Å². The molecule has 0 unspecified atom stereocenters. The number of hydrogen-bond donors (Lipinski definition) is 2. The maximum absolute atomic E-state index is 12.2. The molecule has 1 aromatic rings. The maximum atomic E-state index is 12.2. The highest BCUT2D eigenvalue weighted by molar-refractivity contribution is 7.89. The van der Waals surface area contributed by atoms with E-state index in [9.17, 15) is 13.2 Å². The molecule has 1 rings (SSSR count). The summed E-state index contributed by atoms with van der Waals surface area (Å²) in [5, 5.41) is 8.78. The maximum Gasteiger partial charge on any atom is 0.321 e. The molecule has 0 saturated carbocycles. The van der Waals surface area contributed by atoms with E-state index in [1.165, 1.54) is 33.3 Å². The predicted octanol–water partition coefficient (Wildman–Crippen LogP) is 0.593. The number of benzene rings is 1. The summed E-state index contributed by atoms with van der Waals surface area (Å²) in [5.74, 6) is -1.13. The van der Waals surface area contributed by atoms with Crippen molar-refractivity contribution in [3.8, 4) is 5.75 Å². The Bertz CT molecular complexity index is 584. The van der Waals surface area contributed by atoms with E-state index in [-0.39, 0.29) is 17.3 Å². The monoisotopic (exact) mass is 303 g/mol. The molecule has 1 aromatic carbocycles. The highest BCUT2D eigenvalue weighted by Crippen LogP contribution is 2.25. The fraction of sp³-hybridized carbons (Fsp3) is 0.417. The van der Waals surface area contributed by atoms with E-state index in [0.29, 0.717) is 5.56 Å². The number of carboxylic acids is 1. The zero-order chi connectivity index (χ0) is 15.3. The zero-order valence-electron chi connectivity index (χ0n) is 11.4. The molecule has 8 heteroatoms. The Hall–Kier alpha value is -1.64. The van der Waals surface area contributed by atoms with Gasteiger partial charge >= 0.3 is 5.97 Å². The minimum atomic E-state index is -4.00. The molecule has 7 nitrogen and oxygen atoms in total. The Kier molecular flexibility index (Phi) is 5.49. The molecule has 20 heavy (non-hydrogen) atoms. The van der Waals surface area contributed by atoms with Crippen molar-refractivity contribution in [2.45, 2.75) is 24.5 Å². The Morgan fingerprint density at radius 3 is 2.55 bits per heavy atom. The molecule has 0 heterocycles. The summed E-state index contributed by atoms with van der Waals surface area (Å²) in [4.78, 5) is 10.6. The van der Waals surface area contributed by atoms with Crippen LogP contribution >= 0.6 is 0 Å². The second kappa shape index (κ2) is 6.69. The van der Waals surface area contributed by atoms with Gasteiger partial charge in [-0.3, -0.25) is 4.79 Å². The van der Waals surface area contributed by atoms with E-state index in [2.05, 4.69) is 4.72 Å². The summed E-state index contributed by atoms with van der Waals surface area (Å²) in [5.41, 5.74) is 0.636. The zero-order valence-corrected chi connectivity index (χ0v) is 12.2. The van der Waals surface area contributed by atoms with Gasteiger partial charge < -0.3 is 14.6 Å². The number of sulfonamides is 1. The lowest BCUT2D eigenvalue weighted by atomic mass is 10.2. The van der Waals surface area contributed by atoms with Gasteiger partial charge in [-0.15, -0.1) is 0 Å². The lowest BCUT2D eigenvalue weighted by molar-refractivity contribution is -0.138. The number of aliphatic carboxylic acids is 1. The van der Waals surface area contributed by atoms with Gasteiger partial charge in [-0.05, 0) is 24.6 Å². The van der Waals surface area contributed by atoms with Crippen molar-refractivity contribution < 1.29 is 27.8 Å². The summed E-state index contributed by atoms with van der Waals surface area (Å²) >= 11 is 0. The van der Waals surface area contributed by atoms with Gasteiger partial charge in [0.05, 0.1) is 13.7 Å². The number of rotatable bonds is 7. The van der Waals surface area contributed by atoms with E-state index in [4.69, 9.17) is 14.6 Å². The van der Waals surface area contributed by atoms with Gasteiger partial charge in [0, 0.05) is 7.11 Å². The van der Waals surface area contributed by atoms with Crippen LogP contribution in [0, 0.1) is 0 Å². The van der Waals surface area contributed by atoms with Crippen LogP contribution in [0.2, 0.25) is 0 Å². The number of hydrogen-bond acceptors (Lipinski definition) is 5. The predicted molar refractivity (Wildman–Crippen MR) is 71.1 cm³/mol.